The van der Waals surface area contributed by atoms with Crippen LogP contribution in [-0.2, 0) is 26.0 Å². The molecule has 1 amide bonds. The highest BCUT2D eigenvalue weighted by Crippen LogP contribution is 2.32. The lowest BCUT2D eigenvalue weighted by molar-refractivity contribution is -0.143. The Morgan fingerprint density at radius 3 is 2.42 bits per heavy atom. The van der Waals surface area contributed by atoms with Gasteiger partial charge in [0, 0.05) is 0 Å². The molecule has 0 aromatic heterocycles. The third-order valence-corrected chi connectivity index (χ3v) is 6.48. The van der Waals surface area contributed by atoms with Gasteiger partial charge in [0.1, 0.15) is 11.9 Å². The van der Waals surface area contributed by atoms with E-state index in [0.717, 1.165) is 12.1 Å². The van der Waals surface area contributed by atoms with Crippen LogP contribution < -0.4 is 10.0 Å². The van der Waals surface area contributed by atoms with Crippen molar-refractivity contribution in [3.05, 3.63) is 71.0 Å². The SMILES string of the molecule is CC(C)[C@@H](NC(=O)Cc1cccc2c1C=CC2NS(=O)(=O)c1ccc(F)cc1)C(=O)O. The van der Waals surface area contributed by atoms with E-state index < -0.39 is 39.8 Å². The van der Waals surface area contributed by atoms with Gasteiger partial charge >= 0.3 is 5.97 Å². The number of hydrogen-bond donors (Lipinski definition) is 3. The van der Waals surface area contributed by atoms with E-state index in [-0.39, 0.29) is 17.2 Å². The number of fused-ring (bicyclic) bond motifs is 1. The van der Waals surface area contributed by atoms with E-state index in [1.165, 1.54) is 12.1 Å². The zero-order valence-electron chi connectivity index (χ0n) is 17.0. The Hall–Kier alpha value is -3.04. The third kappa shape index (κ3) is 5.18. The Balaban J connectivity index is 1.77. The topological polar surface area (TPSA) is 113 Å². The second-order valence-electron chi connectivity index (χ2n) is 7.64. The fraction of sp³-hybridized carbons (Fsp3) is 0.273. The lowest BCUT2D eigenvalue weighted by atomic mass is 9.98. The lowest BCUT2D eigenvalue weighted by Gasteiger charge is -2.19. The molecule has 3 N–H and O–H groups in total. The smallest absolute Gasteiger partial charge is 0.326 e. The summed E-state index contributed by atoms with van der Waals surface area (Å²) < 4.78 is 40.9. The largest absolute Gasteiger partial charge is 0.480 e. The molecule has 7 nitrogen and oxygen atoms in total. The molecule has 0 saturated carbocycles. The summed E-state index contributed by atoms with van der Waals surface area (Å²) >= 11 is 0. The van der Waals surface area contributed by atoms with Crippen molar-refractivity contribution in [2.45, 2.75) is 37.2 Å². The van der Waals surface area contributed by atoms with Crippen LogP contribution in [0, 0.1) is 11.7 Å². The summed E-state index contributed by atoms with van der Waals surface area (Å²) in [5.41, 5.74) is 2.04. The first-order chi connectivity index (χ1) is 14.6. The van der Waals surface area contributed by atoms with E-state index in [1.54, 1.807) is 44.2 Å². The van der Waals surface area contributed by atoms with E-state index in [4.69, 9.17) is 0 Å². The number of carbonyl (C=O) groups is 2. The van der Waals surface area contributed by atoms with Crippen LogP contribution in [0.15, 0.2) is 53.4 Å². The van der Waals surface area contributed by atoms with Crippen LogP contribution >= 0.6 is 0 Å². The Labute approximate surface area is 180 Å². The minimum Gasteiger partial charge on any atom is -0.480 e. The van der Waals surface area contributed by atoms with Crippen molar-refractivity contribution in [2.24, 2.45) is 5.92 Å². The van der Waals surface area contributed by atoms with Crippen LogP contribution in [0.25, 0.3) is 6.08 Å². The van der Waals surface area contributed by atoms with Crippen LogP contribution in [0.4, 0.5) is 4.39 Å². The number of rotatable bonds is 8. The molecule has 0 bridgehead atoms. The zero-order valence-corrected chi connectivity index (χ0v) is 17.8. The maximum absolute atomic E-state index is 13.1. The van der Waals surface area contributed by atoms with E-state index in [1.807, 2.05) is 0 Å². The van der Waals surface area contributed by atoms with Crippen molar-refractivity contribution in [1.82, 2.24) is 10.0 Å². The molecule has 2 aromatic carbocycles. The molecule has 2 aromatic rings. The summed E-state index contributed by atoms with van der Waals surface area (Å²) in [7, 11) is -3.89. The van der Waals surface area contributed by atoms with Crippen molar-refractivity contribution in [2.75, 3.05) is 0 Å². The summed E-state index contributed by atoms with van der Waals surface area (Å²) in [5, 5.41) is 11.8. The summed E-state index contributed by atoms with van der Waals surface area (Å²) in [6.07, 6.45) is 3.36. The normalized spacial score (nSPS) is 16.2. The Morgan fingerprint density at radius 2 is 1.81 bits per heavy atom. The molecular formula is C22H23FN2O5S. The maximum Gasteiger partial charge on any atom is 0.326 e. The monoisotopic (exact) mass is 446 g/mol. The first-order valence-electron chi connectivity index (χ1n) is 9.68. The predicted octanol–water partition coefficient (Wildman–Crippen LogP) is 2.64. The number of hydrogen-bond acceptors (Lipinski definition) is 4. The van der Waals surface area contributed by atoms with E-state index in [9.17, 15) is 27.5 Å². The first-order valence-corrected chi connectivity index (χ1v) is 11.2. The number of halogens is 1. The molecule has 0 aliphatic heterocycles. The van der Waals surface area contributed by atoms with Gasteiger partial charge in [0.25, 0.3) is 0 Å². The molecule has 1 aliphatic carbocycles. The molecule has 0 fully saturated rings. The fourth-order valence-electron chi connectivity index (χ4n) is 3.42. The summed E-state index contributed by atoms with van der Waals surface area (Å²) in [4.78, 5) is 23.7. The van der Waals surface area contributed by atoms with Gasteiger partial charge < -0.3 is 10.4 Å². The second-order valence-corrected chi connectivity index (χ2v) is 9.35. The second kappa shape index (κ2) is 8.99. The maximum atomic E-state index is 13.1. The van der Waals surface area contributed by atoms with Gasteiger partial charge in [-0.25, -0.2) is 17.6 Å². The van der Waals surface area contributed by atoms with Crippen LogP contribution in [0.5, 0.6) is 0 Å². The van der Waals surface area contributed by atoms with Crippen molar-refractivity contribution in [3.8, 4) is 0 Å². The van der Waals surface area contributed by atoms with Crippen molar-refractivity contribution < 1.29 is 27.5 Å². The van der Waals surface area contributed by atoms with E-state index in [2.05, 4.69) is 10.0 Å². The van der Waals surface area contributed by atoms with Gasteiger partial charge in [-0.15, -0.1) is 0 Å². The number of aliphatic carboxylic acids is 1. The van der Waals surface area contributed by atoms with Crippen molar-refractivity contribution in [1.29, 1.82) is 0 Å². The molecule has 9 heteroatoms. The van der Waals surface area contributed by atoms with Gasteiger partial charge in [-0.1, -0.05) is 44.2 Å². The van der Waals surface area contributed by atoms with Crippen LogP contribution in [0.1, 0.15) is 36.6 Å². The highest BCUT2D eigenvalue weighted by Gasteiger charge is 2.27. The number of amides is 1. The van der Waals surface area contributed by atoms with Crippen LogP contribution in [-0.4, -0.2) is 31.4 Å². The third-order valence-electron chi connectivity index (χ3n) is 5.03. The van der Waals surface area contributed by atoms with Crippen molar-refractivity contribution >= 4 is 28.0 Å². The Kier molecular flexibility index (Phi) is 6.56. The van der Waals surface area contributed by atoms with Gasteiger partial charge in [0.2, 0.25) is 15.9 Å². The summed E-state index contributed by atoms with van der Waals surface area (Å²) in [6, 6.07) is 8.09. The molecule has 31 heavy (non-hydrogen) atoms. The molecular weight excluding hydrogens is 423 g/mol. The predicted molar refractivity (Wildman–Crippen MR) is 113 cm³/mol. The minimum atomic E-state index is -3.89. The number of carbonyl (C=O) groups excluding carboxylic acids is 1. The number of nitrogens with one attached hydrogen (secondary N) is 2. The van der Waals surface area contributed by atoms with Gasteiger partial charge in [-0.3, -0.25) is 4.79 Å². The minimum absolute atomic E-state index is 0.0402. The molecule has 0 heterocycles. The molecule has 0 saturated heterocycles. The van der Waals surface area contributed by atoms with E-state index in [0.29, 0.717) is 16.7 Å². The summed E-state index contributed by atoms with van der Waals surface area (Å²) in [6.45, 7) is 3.42. The number of benzene rings is 2. The highest BCUT2D eigenvalue weighted by molar-refractivity contribution is 7.89. The molecule has 1 aliphatic rings. The Bertz CT molecular complexity index is 1130. The molecule has 0 spiro atoms. The zero-order chi connectivity index (χ0) is 22.8. The van der Waals surface area contributed by atoms with E-state index >= 15 is 0 Å². The fourth-order valence-corrected chi connectivity index (χ4v) is 4.59. The lowest BCUT2D eigenvalue weighted by Crippen LogP contribution is -2.44. The number of carboxylic acids is 1. The first kappa shape index (κ1) is 22.6. The molecule has 1 unspecified atom stereocenters. The average molecular weight is 447 g/mol. The van der Waals surface area contributed by atoms with Crippen molar-refractivity contribution in [3.63, 3.8) is 0 Å². The van der Waals surface area contributed by atoms with Gasteiger partial charge in [0.15, 0.2) is 0 Å². The summed E-state index contributed by atoms with van der Waals surface area (Å²) in [5.74, 6) is -2.33. The molecule has 164 valence electrons. The molecule has 3 rings (SSSR count). The standard InChI is InChI=1S/C22H23FN2O5S/c1-13(2)21(22(27)28)24-20(26)12-14-4-3-5-18-17(14)10-11-19(18)25-31(29,30)16-8-6-15(23)7-9-16/h3-11,13,19,21,25H,12H2,1-2H3,(H,24,26)(H,27,28)/t19?,21-/m1/s1. The molecule has 2 atom stereocenters. The highest BCUT2D eigenvalue weighted by atomic mass is 32.2. The van der Waals surface area contributed by atoms with Crippen LogP contribution in [0.3, 0.4) is 0 Å². The van der Waals surface area contributed by atoms with Gasteiger partial charge in [0.05, 0.1) is 17.4 Å². The molecule has 0 radical (unpaired) electrons. The Morgan fingerprint density at radius 1 is 1.13 bits per heavy atom. The number of sulfonamides is 1. The van der Waals surface area contributed by atoms with Gasteiger partial charge in [-0.2, -0.15) is 4.72 Å². The van der Waals surface area contributed by atoms with Gasteiger partial charge in [-0.05, 0) is 46.9 Å². The quantitative estimate of drug-likeness (QED) is 0.577. The van der Waals surface area contributed by atoms with Crippen LogP contribution in [0.2, 0.25) is 0 Å². The number of carboxylic acid groups (broad SMARTS) is 1. The average Bonchev–Trinajstić information content (AvgIpc) is 3.09.